The molecule has 0 aliphatic carbocycles. The molecule has 1 aromatic carbocycles. The van der Waals surface area contributed by atoms with Crippen LogP contribution in [0.25, 0.3) is 0 Å². The van der Waals surface area contributed by atoms with Gasteiger partial charge in [-0.15, -0.1) is 0 Å². The number of carbonyl (C=O) groups is 1. The fourth-order valence-corrected chi connectivity index (χ4v) is 1.41. The van der Waals surface area contributed by atoms with Gasteiger partial charge in [0, 0.05) is 5.56 Å². The highest BCUT2D eigenvalue weighted by molar-refractivity contribution is 6.00. The molecule has 0 N–H and O–H groups in total. The predicted molar refractivity (Wildman–Crippen MR) is 46.2 cm³/mol. The van der Waals surface area contributed by atoms with E-state index in [2.05, 4.69) is 0 Å². The van der Waals surface area contributed by atoms with E-state index in [1.165, 1.54) is 13.8 Å². The van der Waals surface area contributed by atoms with Gasteiger partial charge in [-0.3, -0.25) is 4.79 Å². The van der Waals surface area contributed by atoms with Crippen LogP contribution in [0, 0.1) is 19.7 Å². The summed E-state index contributed by atoms with van der Waals surface area (Å²) < 4.78 is 37.0. The number of halogens is 3. The monoisotopic (exact) mass is 202 g/mol. The molecule has 0 fully saturated rings. The quantitative estimate of drug-likeness (QED) is 0.674. The van der Waals surface area contributed by atoms with Crippen molar-refractivity contribution in [3.63, 3.8) is 0 Å². The maximum atomic E-state index is 12.8. The van der Waals surface area contributed by atoms with Crippen LogP contribution in [-0.4, -0.2) is 12.2 Å². The SMILES string of the molecule is Cc1cc(F)cc(C)c1C(=O)C(F)F. The van der Waals surface area contributed by atoms with Crippen LogP contribution in [0.5, 0.6) is 0 Å². The van der Waals surface area contributed by atoms with Crippen LogP contribution >= 0.6 is 0 Å². The summed E-state index contributed by atoms with van der Waals surface area (Å²) in [4.78, 5) is 11.0. The Morgan fingerprint density at radius 3 is 2.00 bits per heavy atom. The molecule has 0 bridgehead atoms. The summed E-state index contributed by atoms with van der Waals surface area (Å²) >= 11 is 0. The van der Waals surface area contributed by atoms with Crippen molar-refractivity contribution < 1.29 is 18.0 Å². The Balaban J connectivity index is 3.28. The number of hydrogen-bond acceptors (Lipinski definition) is 1. The van der Waals surface area contributed by atoms with Crippen LogP contribution in [0.4, 0.5) is 13.2 Å². The highest BCUT2D eigenvalue weighted by Gasteiger charge is 2.21. The summed E-state index contributed by atoms with van der Waals surface area (Å²) in [5, 5.41) is 0. The van der Waals surface area contributed by atoms with Gasteiger partial charge in [-0.25, -0.2) is 13.2 Å². The van der Waals surface area contributed by atoms with Crippen molar-refractivity contribution in [3.8, 4) is 0 Å². The third-order valence-electron chi connectivity index (χ3n) is 1.94. The molecule has 4 heteroatoms. The Bertz CT molecular complexity index is 349. The van der Waals surface area contributed by atoms with Gasteiger partial charge in [0.25, 0.3) is 0 Å². The van der Waals surface area contributed by atoms with Gasteiger partial charge in [-0.1, -0.05) is 0 Å². The molecule has 0 radical (unpaired) electrons. The smallest absolute Gasteiger partial charge is 0.288 e. The number of Topliss-reactive ketones (excluding diaryl/α,β-unsaturated/α-hetero) is 1. The Kier molecular flexibility index (Phi) is 2.93. The molecular formula is C10H9F3O. The van der Waals surface area contributed by atoms with Crippen LogP contribution in [0.3, 0.4) is 0 Å². The summed E-state index contributed by atoms with van der Waals surface area (Å²) in [7, 11) is 0. The van der Waals surface area contributed by atoms with Gasteiger partial charge in [0.05, 0.1) is 0 Å². The fourth-order valence-electron chi connectivity index (χ4n) is 1.41. The van der Waals surface area contributed by atoms with Crippen molar-refractivity contribution in [2.75, 3.05) is 0 Å². The van der Waals surface area contributed by atoms with Crippen molar-refractivity contribution in [3.05, 3.63) is 34.6 Å². The lowest BCUT2D eigenvalue weighted by atomic mass is 9.99. The lowest BCUT2D eigenvalue weighted by Gasteiger charge is -2.07. The number of ketones is 1. The minimum absolute atomic E-state index is 0.0820. The number of hydrogen-bond donors (Lipinski definition) is 0. The van der Waals surface area contributed by atoms with Crippen LogP contribution in [-0.2, 0) is 0 Å². The first kappa shape index (κ1) is 10.8. The Morgan fingerprint density at radius 2 is 1.64 bits per heavy atom. The minimum atomic E-state index is -3.04. The van der Waals surface area contributed by atoms with E-state index in [-0.39, 0.29) is 16.7 Å². The molecule has 14 heavy (non-hydrogen) atoms. The van der Waals surface area contributed by atoms with Crippen molar-refractivity contribution in [2.24, 2.45) is 0 Å². The highest BCUT2D eigenvalue weighted by Crippen LogP contribution is 2.19. The highest BCUT2D eigenvalue weighted by atomic mass is 19.3. The molecule has 0 saturated carbocycles. The molecule has 0 amide bonds. The molecule has 76 valence electrons. The third kappa shape index (κ3) is 1.95. The third-order valence-corrected chi connectivity index (χ3v) is 1.94. The molecule has 0 spiro atoms. The van der Waals surface area contributed by atoms with Gasteiger partial charge >= 0.3 is 6.43 Å². The van der Waals surface area contributed by atoms with Gasteiger partial charge in [0.2, 0.25) is 5.78 Å². The Labute approximate surface area is 79.5 Å². The molecule has 1 nitrogen and oxygen atoms in total. The van der Waals surface area contributed by atoms with E-state index in [0.29, 0.717) is 0 Å². The molecule has 1 aromatic rings. The van der Waals surface area contributed by atoms with E-state index in [1.54, 1.807) is 0 Å². The molecule has 0 aliphatic rings. The van der Waals surface area contributed by atoms with Gasteiger partial charge < -0.3 is 0 Å². The first-order valence-electron chi connectivity index (χ1n) is 4.02. The molecule has 0 unspecified atom stereocenters. The second-order valence-electron chi connectivity index (χ2n) is 3.08. The van der Waals surface area contributed by atoms with Crippen molar-refractivity contribution in [1.82, 2.24) is 0 Å². The van der Waals surface area contributed by atoms with E-state index in [4.69, 9.17) is 0 Å². The molecule has 0 atom stereocenters. The second-order valence-corrected chi connectivity index (χ2v) is 3.08. The topological polar surface area (TPSA) is 17.1 Å². The van der Waals surface area contributed by atoms with Crippen molar-refractivity contribution >= 4 is 5.78 Å². The number of alkyl halides is 2. The number of rotatable bonds is 2. The van der Waals surface area contributed by atoms with Gasteiger partial charge in [-0.2, -0.15) is 0 Å². The zero-order valence-electron chi connectivity index (χ0n) is 7.77. The molecular weight excluding hydrogens is 193 g/mol. The molecule has 0 aromatic heterocycles. The fraction of sp³-hybridized carbons (Fsp3) is 0.300. The average Bonchev–Trinajstić information content (AvgIpc) is 2.01. The van der Waals surface area contributed by atoms with Crippen LogP contribution in [0.2, 0.25) is 0 Å². The molecule has 1 rings (SSSR count). The van der Waals surface area contributed by atoms with E-state index in [0.717, 1.165) is 12.1 Å². The zero-order chi connectivity index (χ0) is 10.9. The Morgan fingerprint density at radius 1 is 1.21 bits per heavy atom. The Hall–Kier alpha value is -1.32. The standard InChI is InChI=1S/C10H9F3O/c1-5-3-7(11)4-6(2)8(5)9(14)10(12)13/h3-4,10H,1-2H3. The van der Waals surface area contributed by atoms with Gasteiger partial charge in [-0.05, 0) is 37.1 Å². The van der Waals surface area contributed by atoms with Gasteiger partial charge in [0.15, 0.2) is 0 Å². The average molecular weight is 202 g/mol. The largest absolute Gasteiger partial charge is 0.300 e. The van der Waals surface area contributed by atoms with Gasteiger partial charge in [0.1, 0.15) is 5.82 Å². The number of aryl methyl sites for hydroxylation is 2. The molecule has 0 aliphatic heterocycles. The maximum absolute atomic E-state index is 12.8. The first-order valence-corrected chi connectivity index (χ1v) is 4.02. The summed E-state index contributed by atoms with van der Waals surface area (Å²) in [6.07, 6.45) is -3.04. The van der Waals surface area contributed by atoms with E-state index in [1.807, 2.05) is 0 Å². The van der Waals surface area contributed by atoms with Crippen LogP contribution in [0.1, 0.15) is 21.5 Å². The number of carbonyl (C=O) groups excluding carboxylic acids is 1. The molecule has 0 heterocycles. The van der Waals surface area contributed by atoms with E-state index < -0.39 is 18.0 Å². The number of benzene rings is 1. The zero-order valence-corrected chi connectivity index (χ0v) is 7.77. The second kappa shape index (κ2) is 3.82. The summed E-state index contributed by atoms with van der Waals surface area (Å²) in [5.41, 5.74) is 0.405. The summed E-state index contributed by atoms with van der Waals surface area (Å²) in [6.45, 7) is 2.87. The van der Waals surface area contributed by atoms with Crippen LogP contribution < -0.4 is 0 Å². The lowest BCUT2D eigenvalue weighted by Crippen LogP contribution is -2.13. The van der Waals surface area contributed by atoms with E-state index >= 15 is 0 Å². The van der Waals surface area contributed by atoms with Crippen molar-refractivity contribution in [2.45, 2.75) is 20.3 Å². The lowest BCUT2D eigenvalue weighted by molar-refractivity contribution is 0.0677. The predicted octanol–water partition coefficient (Wildman–Crippen LogP) is 2.89. The first-order chi connectivity index (χ1) is 6.43. The normalized spacial score (nSPS) is 10.7. The van der Waals surface area contributed by atoms with E-state index in [9.17, 15) is 18.0 Å². The molecule has 0 saturated heterocycles. The van der Waals surface area contributed by atoms with Crippen molar-refractivity contribution in [1.29, 1.82) is 0 Å². The maximum Gasteiger partial charge on any atom is 0.300 e. The summed E-state index contributed by atoms with van der Waals surface area (Å²) in [5.74, 6) is -1.77. The summed E-state index contributed by atoms with van der Waals surface area (Å²) in [6, 6.07) is 2.14. The van der Waals surface area contributed by atoms with Crippen LogP contribution in [0.15, 0.2) is 12.1 Å². The minimum Gasteiger partial charge on any atom is -0.288 e.